The zero-order valence-corrected chi connectivity index (χ0v) is 19.6. The number of carboxylic acids is 1. The molecule has 0 heterocycles. The standard InChI is InChI=1S/C26H24BrNO5/c1-32-23-16-20(14-21(27)25(23)33-17-19-10-6-3-7-11-19)12-13-24(29)28-22(26(30)31)15-18-8-4-2-5-9-18/h2-14,16,22H,15,17H2,1H3,(H,28,29)(H,30,31)/b13-12+/t22-/m1/s1. The third-order valence-electron chi connectivity index (χ3n) is 4.80. The highest BCUT2D eigenvalue weighted by Gasteiger charge is 2.19. The topological polar surface area (TPSA) is 84.9 Å². The average Bonchev–Trinajstić information content (AvgIpc) is 2.82. The van der Waals surface area contributed by atoms with Gasteiger partial charge in [-0.1, -0.05) is 60.7 Å². The Morgan fingerprint density at radius 3 is 2.27 bits per heavy atom. The van der Waals surface area contributed by atoms with E-state index in [0.717, 1.165) is 11.1 Å². The van der Waals surface area contributed by atoms with Gasteiger partial charge < -0.3 is 19.9 Å². The third-order valence-corrected chi connectivity index (χ3v) is 5.39. The summed E-state index contributed by atoms with van der Waals surface area (Å²) in [4.78, 5) is 23.9. The van der Waals surface area contributed by atoms with Crippen molar-refractivity contribution in [2.24, 2.45) is 0 Å². The molecule has 0 aliphatic rings. The first-order chi connectivity index (χ1) is 16.0. The monoisotopic (exact) mass is 509 g/mol. The molecule has 3 aromatic carbocycles. The molecule has 0 aliphatic carbocycles. The highest BCUT2D eigenvalue weighted by Crippen LogP contribution is 2.37. The molecule has 0 aromatic heterocycles. The second kappa shape index (κ2) is 11.9. The van der Waals surface area contributed by atoms with Gasteiger partial charge in [-0.2, -0.15) is 0 Å². The van der Waals surface area contributed by atoms with Gasteiger partial charge in [-0.05, 0) is 50.8 Å². The predicted molar refractivity (Wildman–Crippen MR) is 130 cm³/mol. The number of carboxylic acid groups (broad SMARTS) is 1. The molecule has 0 saturated carbocycles. The molecule has 0 bridgehead atoms. The molecule has 170 valence electrons. The molecule has 1 amide bonds. The van der Waals surface area contributed by atoms with Gasteiger partial charge in [-0.15, -0.1) is 0 Å². The molecule has 1 atom stereocenters. The average molecular weight is 510 g/mol. The predicted octanol–water partition coefficient (Wildman–Crippen LogP) is 4.86. The smallest absolute Gasteiger partial charge is 0.326 e. The van der Waals surface area contributed by atoms with E-state index in [0.29, 0.717) is 28.1 Å². The SMILES string of the molecule is COc1cc(/C=C/C(=O)N[C@H](Cc2ccccc2)C(=O)O)cc(Br)c1OCc1ccccc1. The van der Waals surface area contributed by atoms with Gasteiger partial charge in [0, 0.05) is 12.5 Å². The van der Waals surface area contributed by atoms with Crippen LogP contribution >= 0.6 is 15.9 Å². The Morgan fingerprint density at radius 1 is 1.03 bits per heavy atom. The number of benzene rings is 3. The molecule has 33 heavy (non-hydrogen) atoms. The first-order valence-corrected chi connectivity index (χ1v) is 11.0. The lowest BCUT2D eigenvalue weighted by molar-refractivity contribution is -0.141. The largest absolute Gasteiger partial charge is 0.493 e. The lowest BCUT2D eigenvalue weighted by Gasteiger charge is -2.14. The summed E-state index contributed by atoms with van der Waals surface area (Å²) in [5.74, 6) is -0.535. The molecule has 0 saturated heterocycles. The number of nitrogens with one attached hydrogen (secondary N) is 1. The van der Waals surface area contributed by atoms with E-state index in [4.69, 9.17) is 9.47 Å². The van der Waals surface area contributed by atoms with Crippen molar-refractivity contribution < 1.29 is 24.2 Å². The van der Waals surface area contributed by atoms with E-state index >= 15 is 0 Å². The van der Waals surface area contributed by atoms with E-state index in [1.807, 2.05) is 60.7 Å². The Labute approximate surface area is 201 Å². The number of halogens is 1. The Bertz CT molecular complexity index is 1120. The van der Waals surface area contributed by atoms with Crippen LogP contribution in [0.3, 0.4) is 0 Å². The lowest BCUT2D eigenvalue weighted by atomic mass is 10.1. The number of aliphatic carboxylic acids is 1. The Kier molecular flexibility index (Phi) is 8.66. The van der Waals surface area contributed by atoms with Crippen molar-refractivity contribution in [1.29, 1.82) is 0 Å². The van der Waals surface area contributed by atoms with Gasteiger partial charge in [-0.3, -0.25) is 4.79 Å². The minimum Gasteiger partial charge on any atom is -0.493 e. The second-order valence-electron chi connectivity index (χ2n) is 7.23. The number of hydrogen-bond acceptors (Lipinski definition) is 4. The van der Waals surface area contributed by atoms with Gasteiger partial charge in [0.2, 0.25) is 5.91 Å². The van der Waals surface area contributed by atoms with Crippen molar-refractivity contribution in [3.05, 3.63) is 100 Å². The van der Waals surface area contributed by atoms with Crippen LogP contribution in [-0.2, 0) is 22.6 Å². The third kappa shape index (κ3) is 7.22. The van der Waals surface area contributed by atoms with Gasteiger partial charge >= 0.3 is 5.97 Å². The van der Waals surface area contributed by atoms with Crippen LogP contribution < -0.4 is 14.8 Å². The molecular weight excluding hydrogens is 486 g/mol. The van der Waals surface area contributed by atoms with E-state index in [1.165, 1.54) is 6.08 Å². The van der Waals surface area contributed by atoms with Gasteiger partial charge in [0.1, 0.15) is 12.6 Å². The van der Waals surface area contributed by atoms with Gasteiger partial charge in [0.25, 0.3) is 0 Å². The minimum atomic E-state index is -1.09. The number of hydrogen-bond donors (Lipinski definition) is 2. The van der Waals surface area contributed by atoms with Crippen molar-refractivity contribution in [2.45, 2.75) is 19.1 Å². The van der Waals surface area contributed by atoms with Gasteiger partial charge in [-0.25, -0.2) is 4.79 Å². The molecular formula is C26H24BrNO5. The van der Waals surface area contributed by atoms with Crippen molar-refractivity contribution in [1.82, 2.24) is 5.32 Å². The maximum atomic E-state index is 12.4. The summed E-state index contributed by atoms with van der Waals surface area (Å²) in [6, 6.07) is 21.4. The summed E-state index contributed by atoms with van der Waals surface area (Å²) >= 11 is 3.50. The van der Waals surface area contributed by atoms with E-state index < -0.39 is 17.9 Å². The molecule has 0 unspecified atom stereocenters. The molecule has 0 fully saturated rings. The molecule has 3 rings (SSSR count). The van der Waals surface area contributed by atoms with Crippen LogP contribution in [-0.4, -0.2) is 30.1 Å². The quantitative estimate of drug-likeness (QED) is 0.381. The Hall–Kier alpha value is -3.58. The van der Waals surface area contributed by atoms with Crippen LogP contribution in [0.1, 0.15) is 16.7 Å². The summed E-state index contributed by atoms with van der Waals surface area (Å²) in [5.41, 5.74) is 2.54. The van der Waals surface area contributed by atoms with Crippen LogP contribution in [0.2, 0.25) is 0 Å². The fraction of sp³-hybridized carbons (Fsp3) is 0.154. The molecule has 7 heteroatoms. The maximum absolute atomic E-state index is 12.4. The zero-order chi connectivity index (χ0) is 23.6. The summed E-state index contributed by atoms with van der Waals surface area (Å²) < 4.78 is 12.0. The van der Waals surface area contributed by atoms with Gasteiger partial charge in [0.05, 0.1) is 11.6 Å². The lowest BCUT2D eigenvalue weighted by Crippen LogP contribution is -2.41. The number of methoxy groups -OCH3 is 1. The summed E-state index contributed by atoms with van der Waals surface area (Å²) in [6.45, 7) is 0.380. The Balaban J connectivity index is 1.67. The summed E-state index contributed by atoms with van der Waals surface area (Å²) in [6.07, 6.45) is 3.08. The molecule has 0 radical (unpaired) electrons. The van der Waals surface area contributed by atoms with Crippen LogP contribution in [0.5, 0.6) is 11.5 Å². The second-order valence-corrected chi connectivity index (χ2v) is 8.09. The van der Waals surface area contributed by atoms with Crippen LogP contribution in [0, 0.1) is 0 Å². The zero-order valence-electron chi connectivity index (χ0n) is 18.0. The van der Waals surface area contributed by atoms with E-state index in [2.05, 4.69) is 21.2 Å². The molecule has 0 aliphatic heterocycles. The fourth-order valence-electron chi connectivity index (χ4n) is 3.15. The number of carbonyl (C=O) groups is 2. The van der Waals surface area contributed by atoms with Crippen molar-refractivity contribution in [3.63, 3.8) is 0 Å². The normalized spacial score (nSPS) is 11.7. The molecule has 0 spiro atoms. The van der Waals surface area contributed by atoms with E-state index in [-0.39, 0.29) is 6.42 Å². The molecule has 3 aromatic rings. The Morgan fingerprint density at radius 2 is 1.67 bits per heavy atom. The number of carbonyl (C=O) groups excluding carboxylic acids is 1. The molecule has 6 nitrogen and oxygen atoms in total. The minimum absolute atomic E-state index is 0.197. The van der Waals surface area contributed by atoms with Crippen LogP contribution in [0.25, 0.3) is 6.08 Å². The number of ether oxygens (including phenoxy) is 2. The van der Waals surface area contributed by atoms with Crippen LogP contribution in [0.4, 0.5) is 0 Å². The fourth-order valence-corrected chi connectivity index (χ4v) is 3.72. The van der Waals surface area contributed by atoms with Crippen molar-refractivity contribution in [3.8, 4) is 11.5 Å². The summed E-state index contributed by atoms with van der Waals surface area (Å²) in [5, 5.41) is 12.0. The van der Waals surface area contributed by atoms with Crippen molar-refractivity contribution in [2.75, 3.05) is 7.11 Å². The molecule has 2 N–H and O–H groups in total. The number of amides is 1. The van der Waals surface area contributed by atoms with Crippen molar-refractivity contribution >= 4 is 33.9 Å². The highest BCUT2D eigenvalue weighted by molar-refractivity contribution is 9.10. The van der Waals surface area contributed by atoms with E-state index in [1.54, 1.807) is 25.3 Å². The van der Waals surface area contributed by atoms with Gasteiger partial charge in [0.15, 0.2) is 11.5 Å². The maximum Gasteiger partial charge on any atom is 0.326 e. The van der Waals surface area contributed by atoms with Crippen LogP contribution in [0.15, 0.2) is 83.3 Å². The first-order valence-electron chi connectivity index (χ1n) is 10.3. The number of rotatable bonds is 10. The van der Waals surface area contributed by atoms with E-state index in [9.17, 15) is 14.7 Å². The summed E-state index contributed by atoms with van der Waals surface area (Å²) in [7, 11) is 1.54. The highest BCUT2D eigenvalue weighted by atomic mass is 79.9. The first kappa shape index (κ1) is 24.1.